The van der Waals surface area contributed by atoms with Gasteiger partial charge in [-0.25, -0.2) is 0 Å². The SMILES string of the molecule is CC1(C)[C@@H]2CC[C@@]1(CS(=O)(=O)O)C(=O)C2.OCC[C@@H]1CCCCN1. The van der Waals surface area contributed by atoms with E-state index in [2.05, 4.69) is 5.32 Å². The number of carbonyl (C=O) groups is 1. The molecule has 0 aromatic rings. The molecular weight excluding hydrogens is 330 g/mol. The van der Waals surface area contributed by atoms with Gasteiger partial charge in [-0.2, -0.15) is 8.42 Å². The molecule has 3 atom stereocenters. The molecule has 24 heavy (non-hydrogen) atoms. The Bertz CT molecular complexity index is 551. The summed E-state index contributed by atoms with van der Waals surface area (Å²) < 4.78 is 31.0. The summed E-state index contributed by atoms with van der Waals surface area (Å²) in [6.07, 6.45) is 6.79. The average molecular weight is 362 g/mol. The van der Waals surface area contributed by atoms with Gasteiger partial charge in [-0.3, -0.25) is 9.35 Å². The molecule has 3 fully saturated rings. The highest BCUT2D eigenvalue weighted by Crippen LogP contribution is 2.64. The molecule has 0 aromatic heterocycles. The maximum absolute atomic E-state index is 11.9. The topological polar surface area (TPSA) is 104 Å². The summed E-state index contributed by atoms with van der Waals surface area (Å²) in [4.78, 5) is 11.9. The molecule has 1 saturated heterocycles. The molecule has 2 saturated carbocycles. The van der Waals surface area contributed by atoms with Crippen molar-refractivity contribution in [3.63, 3.8) is 0 Å². The van der Waals surface area contributed by atoms with Gasteiger partial charge in [0.15, 0.2) is 0 Å². The maximum atomic E-state index is 11.9. The Morgan fingerprint density at radius 2 is 1.96 bits per heavy atom. The standard InChI is InChI=1S/C10H16O4S.C7H15NO/c1-9(2)7-3-4-10(9,8(11)5-7)6-15(12,13)14;9-6-4-7-3-1-2-5-8-7/h7H,3-6H2,1-2H3,(H,12,13,14);7-9H,1-6H2/t7-,10-;7-/m10/s1. The van der Waals surface area contributed by atoms with E-state index in [-0.39, 0.29) is 17.1 Å². The van der Waals surface area contributed by atoms with Crippen LogP contribution < -0.4 is 5.32 Å². The predicted molar refractivity (Wildman–Crippen MR) is 92.3 cm³/mol. The average Bonchev–Trinajstić information content (AvgIpc) is 2.82. The highest BCUT2D eigenvalue weighted by molar-refractivity contribution is 7.85. The molecule has 0 amide bonds. The molecule has 3 N–H and O–H groups in total. The van der Waals surface area contributed by atoms with Crippen LogP contribution in [0.4, 0.5) is 0 Å². The van der Waals surface area contributed by atoms with Crippen LogP contribution in [0.25, 0.3) is 0 Å². The van der Waals surface area contributed by atoms with Gasteiger partial charge < -0.3 is 10.4 Å². The fraction of sp³-hybridized carbons (Fsp3) is 0.941. The molecule has 1 aliphatic heterocycles. The summed E-state index contributed by atoms with van der Waals surface area (Å²) in [7, 11) is -4.08. The zero-order valence-electron chi connectivity index (χ0n) is 14.8. The van der Waals surface area contributed by atoms with Gasteiger partial charge >= 0.3 is 0 Å². The molecule has 2 bridgehead atoms. The molecule has 140 valence electrons. The second kappa shape index (κ2) is 7.40. The summed E-state index contributed by atoms with van der Waals surface area (Å²) in [6, 6.07) is 0.601. The van der Waals surface area contributed by atoms with Crippen LogP contribution in [0.15, 0.2) is 0 Å². The number of hydrogen-bond donors (Lipinski definition) is 3. The first-order chi connectivity index (χ1) is 11.1. The lowest BCUT2D eigenvalue weighted by Gasteiger charge is -2.35. The maximum Gasteiger partial charge on any atom is 0.265 e. The van der Waals surface area contributed by atoms with E-state index in [4.69, 9.17) is 9.66 Å². The third-order valence-corrected chi connectivity index (χ3v) is 7.32. The van der Waals surface area contributed by atoms with Crippen LogP contribution in [0.2, 0.25) is 0 Å². The Labute approximate surface area is 145 Å². The lowest BCUT2D eigenvalue weighted by Crippen LogP contribution is -2.42. The van der Waals surface area contributed by atoms with Crippen molar-refractivity contribution in [1.29, 1.82) is 0 Å². The molecule has 6 nitrogen and oxygen atoms in total. The van der Waals surface area contributed by atoms with Crippen molar-refractivity contribution in [2.24, 2.45) is 16.7 Å². The second-order valence-electron chi connectivity index (χ2n) is 8.05. The second-order valence-corrected chi connectivity index (χ2v) is 9.50. The van der Waals surface area contributed by atoms with Crippen LogP contribution in [0, 0.1) is 16.7 Å². The fourth-order valence-electron chi connectivity index (χ4n) is 4.75. The van der Waals surface area contributed by atoms with Gasteiger partial charge in [-0.15, -0.1) is 0 Å². The van der Waals surface area contributed by atoms with Crippen LogP contribution in [0.1, 0.15) is 58.8 Å². The first kappa shape index (κ1) is 19.8. The largest absolute Gasteiger partial charge is 0.396 e. The van der Waals surface area contributed by atoms with Gasteiger partial charge in [0, 0.05) is 19.1 Å². The third kappa shape index (κ3) is 4.00. The molecule has 7 heteroatoms. The number of nitrogens with one attached hydrogen (secondary N) is 1. The van der Waals surface area contributed by atoms with Crippen LogP contribution in [0.3, 0.4) is 0 Å². The van der Waals surface area contributed by atoms with E-state index in [1.54, 1.807) is 0 Å². The lowest BCUT2D eigenvalue weighted by atomic mass is 9.70. The highest BCUT2D eigenvalue weighted by atomic mass is 32.2. The normalized spacial score (nSPS) is 34.8. The Morgan fingerprint density at radius 1 is 1.25 bits per heavy atom. The van der Waals surface area contributed by atoms with E-state index in [9.17, 15) is 13.2 Å². The number of aliphatic hydroxyl groups is 1. The molecule has 0 radical (unpaired) electrons. The minimum atomic E-state index is -4.08. The van der Waals surface area contributed by atoms with Gasteiger partial charge in [0.2, 0.25) is 0 Å². The Hall–Kier alpha value is -0.500. The van der Waals surface area contributed by atoms with Crippen molar-refractivity contribution in [2.75, 3.05) is 18.9 Å². The van der Waals surface area contributed by atoms with Crippen molar-refractivity contribution in [2.45, 2.75) is 64.8 Å². The fourth-order valence-corrected chi connectivity index (χ4v) is 6.05. The van der Waals surface area contributed by atoms with E-state index < -0.39 is 21.3 Å². The molecule has 0 spiro atoms. The van der Waals surface area contributed by atoms with E-state index in [1.807, 2.05) is 13.8 Å². The number of carbonyl (C=O) groups excluding carboxylic acids is 1. The van der Waals surface area contributed by atoms with Gasteiger partial charge in [0.25, 0.3) is 10.1 Å². The van der Waals surface area contributed by atoms with Crippen LogP contribution in [0.5, 0.6) is 0 Å². The van der Waals surface area contributed by atoms with Crippen molar-refractivity contribution < 1.29 is 22.9 Å². The Morgan fingerprint density at radius 3 is 2.38 bits per heavy atom. The van der Waals surface area contributed by atoms with Gasteiger partial charge in [-0.05, 0) is 50.0 Å². The summed E-state index contributed by atoms with van der Waals surface area (Å²) in [5, 5.41) is 11.9. The minimum Gasteiger partial charge on any atom is -0.396 e. The first-order valence-corrected chi connectivity index (χ1v) is 10.6. The number of fused-ring (bicyclic) bond motifs is 2. The van der Waals surface area contributed by atoms with E-state index in [0.717, 1.165) is 19.4 Å². The van der Waals surface area contributed by atoms with Crippen molar-refractivity contribution >= 4 is 15.9 Å². The minimum absolute atomic E-state index is 0.0152. The Balaban J connectivity index is 0.000000198. The highest BCUT2D eigenvalue weighted by Gasteiger charge is 2.65. The number of piperidine rings is 1. The zero-order valence-corrected chi connectivity index (χ0v) is 15.6. The molecule has 1 heterocycles. The summed E-state index contributed by atoms with van der Waals surface area (Å²) in [5.41, 5.74) is -1.12. The molecular formula is C17H31NO5S. The summed E-state index contributed by atoms with van der Waals surface area (Å²) in [5.74, 6) is -0.101. The van der Waals surface area contributed by atoms with Crippen molar-refractivity contribution in [1.82, 2.24) is 5.32 Å². The predicted octanol–water partition coefficient (Wildman–Crippen LogP) is 1.78. The number of ketones is 1. The number of rotatable bonds is 4. The molecule has 2 aliphatic carbocycles. The monoisotopic (exact) mass is 361 g/mol. The van der Waals surface area contributed by atoms with Crippen LogP contribution in [-0.4, -0.2) is 48.8 Å². The van der Waals surface area contributed by atoms with E-state index in [0.29, 0.717) is 25.5 Å². The molecule has 0 aromatic carbocycles. The van der Waals surface area contributed by atoms with E-state index >= 15 is 0 Å². The summed E-state index contributed by atoms with van der Waals surface area (Å²) in [6.45, 7) is 5.36. The van der Waals surface area contributed by atoms with Gasteiger partial charge in [0.05, 0.1) is 11.2 Å². The van der Waals surface area contributed by atoms with Gasteiger partial charge in [0.1, 0.15) is 5.78 Å². The zero-order chi connectivity index (χ0) is 18.0. The molecule has 3 aliphatic rings. The quantitative estimate of drug-likeness (QED) is 0.660. The van der Waals surface area contributed by atoms with Crippen molar-refractivity contribution in [3.05, 3.63) is 0 Å². The van der Waals surface area contributed by atoms with Crippen LogP contribution in [-0.2, 0) is 14.9 Å². The number of aliphatic hydroxyl groups excluding tert-OH is 1. The van der Waals surface area contributed by atoms with Crippen molar-refractivity contribution in [3.8, 4) is 0 Å². The first-order valence-electron chi connectivity index (χ1n) is 8.95. The smallest absolute Gasteiger partial charge is 0.265 e. The van der Waals surface area contributed by atoms with E-state index in [1.165, 1.54) is 19.3 Å². The molecule has 3 rings (SSSR count). The third-order valence-electron chi connectivity index (χ3n) is 6.46. The van der Waals surface area contributed by atoms with Gasteiger partial charge in [-0.1, -0.05) is 20.3 Å². The van der Waals surface area contributed by atoms with Crippen LogP contribution >= 0.6 is 0 Å². The Kier molecular flexibility index (Phi) is 6.11. The lowest BCUT2D eigenvalue weighted by molar-refractivity contribution is -0.128. The summed E-state index contributed by atoms with van der Waals surface area (Å²) >= 11 is 0. The molecule has 0 unspecified atom stereocenters. The number of Topliss-reactive ketones (excluding diaryl/α,β-unsaturated/α-hetero) is 1. The number of hydrogen-bond acceptors (Lipinski definition) is 5.